The van der Waals surface area contributed by atoms with Crippen LogP contribution in [-0.4, -0.2) is 5.78 Å². The summed E-state index contributed by atoms with van der Waals surface area (Å²) >= 11 is 0. The zero-order chi connectivity index (χ0) is 14.5. The van der Waals surface area contributed by atoms with Crippen molar-refractivity contribution in [3.8, 4) is 6.07 Å². The third-order valence-corrected chi connectivity index (χ3v) is 3.58. The zero-order valence-electron chi connectivity index (χ0n) is 11.8. The highest BCUT2D eigenvalue weighted by molar-refractivity contribution is 5.97. The average molecular weight is 263 g/mol. The van der Waals surface area contributed by atoms with Crippen molar-refractivity contribution in [3.05, 3.63) is 70.8 Å². The molecule has 1 atom stereocenters. The van der Waals surface area contributed by atoms with Crippen molar-refractivity contribution in [2.45, 2.75) is 26.2 Å². The predicted octanol–water partition coefficient (Wildman–Crippen LogP) is 4.18. The maximum atomic E-state index is 12.3. The number of nitrogens with zero attached hydrogens (tertiary/aromatic N) is 1. The van der Waals surface area contributed by atoms with E-state index in [-0.39, 0.29) is 18.1 Å². The van der Waals surface area contributed by atoms with Crippen LogP contribution in [0.5, 0.6) is 0 Å². The topological polar surface area (TPSA) is 40.9 Å². The molecule has 0 amide bonds. The molecule has 0 heterocycles. The third kappa shape index (κ3) is 3.13. The van der Waals surface area contributed by atoms with E-state index < -0.39 is 0 Å². The molecule has 2 aromatic carbocycles. The standard InChI is InChI=1S/C18H17NO/c1-13-8-9-16(10-14(13)2)18(20)11-17(12-19)15-6-4-3-5-7-15/h3-10,17H,11H2,1-2H3. The zero-order valence-corrected chi connectivity index (χ0v) is 11.8. The molecule has 100 valence electrons. The van der Waals surface area contributed by atoms with E-state index in [9.17, 15) is 10.1 Å². The van der Waals surface area contributed by atoms with Crippen LogP contribution in [-0.2, 0) is 0 Å². The number of ketones is 1. The lowest BCUT2D eigenvalue weighted by molar-refractivity contribution is 0.0979. The molecule has 0 aliphatic rings. The van der Waals surface area contributed by atoms with Gasteiger partial charge in [-0.15, -0.1) is 0 Å². The fourth-order valence-corrected chi connectivity index (χ4v) is 2.14. The number of nitriles is 1. The Morgan fingerprint density at radius 1 is 1.10 bits per heavy atom. The third-order valence-electron chi connectivity index (χ3n) is 3.58. The van der Waals surface area contributed by atoms with Crippen molar-refractivity contribution in [1.29, 1.82) is 5.26 Å². The molecule has 0 aromatic heterocycles. The minimum atomic E-state index is -0.384. The molecule has 0 saturated heterocycles. The highest BCUT2D eigenvalue weighted by Gasteiger charge is 2.16. The molecule has 1 unspecified atom stereocenters. The molecule has 0 saturated carbocycles. The van der Waals surface area contributed by atoms with Crippen molar-refractivity contribution in [1.82, 2.24) is 0 Å². The summed E-state index contributed by atoms with van der Waals surface area (Å²) < 4.78 is 0. The van der Waals surface area contributed by atoms with Crippen LogP contribution in [0.3, 0.4) is 0 Å². The molecule has 0 fully saturated rings. The highest BCUT2D eigenvalue weighted by Crippen LogP contribution is 2.21. The number of rotatable bonds is 4. The fraction of sp³-hybridized carbons (Fsp3) is 0.222. The summed E-state index contributed by atoms with van der Waals surface area (Å²) in [5.74, 6) is -0.367. The second-order valence-corrected chi connectivity index (χ2v) is 5.02. The highest BCUT2D eigenvalue weighted by atomic mass is 16.1. The van der Waals surface area contributed by atoms with Gasteiger partial charge in [-0.25, -0.2) is 0 Å². The Labute approximate surface area is 119 Å². The second kappa shape index (κ2) is 6.16. The van der Waals surface area contributed by atoms with E-state index in [1.54, 1.807) is 0 Å². The van der Waals surface area contributed by atoms with Gasteiger partial charge >= 0.3 is 0 Å². The van der Waals surface area contributed by atoms with Gasteiger partial charge in [-0.05, 0) is 36.6 Å². The van der Waals surface area contributed by atoms with Crippen molar-refractivity contribution in [3.63, 3.8) is 0 Å². The molecule has 0 radical (unpaired) electrons. The van der Waals surface area contributed by atoms with E-state index in [0.717, 1.165) is 11.1 Å². The number of carbonyl (C=O) groups excluding carboxylic acids is 1. The Balaban J connectivity index is 2.18. The molecule has 0 bridgehead atoms. The molecule has 0 aliphatic carbocycles. The summed E-state index contributed by atoms with van der Waals surface area (Å²) in [7, 11) is 0. The molecular formula is C18H17NO. The van der Waals surface area contributed by atoms with Crippen molar-refractivity contribution in [2.24, 2.45) is 0 Å². The number of hydrogen-bond acceptors (Lipinski definition) is 2. The number of Topliss-reactive ketones (excluding diaryl/α,β-unsaturated/α-hetero) is 1. The molecule has 2 nitrogen and oxygen atoms in total. The lowest BCUT2D eigenvalue weighted by Gasteiger charge is -2.09. The lowest BCUT2D eigenvalue weighted by Crippen LogP contribution is -2.06. The van der Waals surface area contributed by atoms with Gasteiger partial charge in [0.15, 0.2) is 5.78 Å². The van der Waals surface area contributed by atoms with Gasteiger partial charge < -0.3 is 0 Å². The van der Waals surface area contributed by atoms with Crippen LogP contribution in [0.2, 0.25) is 0 Å². The van der Waals surface area contributed by atoms with Gasteiger partial charge in [0.05, 0.1) is 12.0 Å². The quantitative estimate of drug-likeness (QED) is 0.776. The van der Waals surface area contributed by atoms with Crippen molar-refractivity contribution >= 4 is 5.78 Å². The van der Waals surface area contributed by atoms with E-state index in [1.807, 2.05) is 62.4 Å². The number of carbonyl (C=O) groups is 1. The van der Waals surface area contributed by atoms with Crippen LogP contribution in [0, 0.1) is 25.2 Å². The summed E-state index contributed by atoms with van der Waals surface area (Å²) in [6.07, 6.45) is 0.225. The monoisotopic (exact) mass is 263 g/mol. The lowest BCUT2D eigenvalue weighted by atomic mass is 9.92. The normalized spacial score (nSPS) is 11.7. The first kappa shape index (κ1) is 14.0. The average Bonchev–Trinajstić information content (AvgIpc) is 2.48. The molecule has 20 heavy (non-hydrogen) atoms. The Morgan fingerprint density at radius 3 is 2.40 bits per heavy atom. The smallest absolute Gasteiger partial charge is 0.164 e. The summed E-state index contributed by atoms with van der Waals surface area (Å²) in [5, 5.41) is 9.27. The van der Waals surface area contributed by atoms with Gasteiger partial charge in [0.25, 0.3) is 0 Å². The Kier molecular flexibility index (Phi) is 4.32. The van der Waals surface area contributed by atoms with Gasteiger partial charge in [0, 0.05) is 12.0 Å². The van der Waals surface area contributed by atoms with Crippen LogP contribution in [0.25, 0.3) is 0 Å². The van der Waals surface area contributed by atoms with Crippen molar-refractivity contribution < 1.29 is 4.79 Å². The number of hydrogen-bond donors (Lipinski definition) is 0. The van der Waals surface area contributed by atoms with Gasteiger partial charge in [-0.3, -0.25) is 4.79 Å². The largest absolute Gasteiger partial charge is 0.294 e. The van der Waals surface area contributed by atoms with E-state index in [0.29, 0.717) is 5.56 Å². The van der Waals surface area contributed by atoms with Gasteiger partial charge in [0.2, 0.25) is 0 Å². The molecule has 2 rings (SSSR count). The van der Waals surface area contributed by atoms with E-state index in [1.165, 1.54) is 5.56 Å². The maximum absolute atomic E-state index is 12.3. The molecule has 2 heteroatoms. The number of benzene rings is 2. The minimum absolute atomic E-state index is 0.0171. The molecular weight excluding hydrogens is 246 g/mol. The van der Waals surface area contributed by atoms with E-state index in [2.05, 4.69) is 6.07 Å². The second-order valence-electron chi connectivity index (χ2n) is 5.02. The summed E-state index contributed by atoms with van der Waals surface area (Å²) in [6.45, 7) is 4.01. The van der Waals surface area contributed by atoms with Gasteiger partial charge in [0.1, 0.15) is 0 Å². The van der Waals surface area contributed by atoms with E-state index >= 15 is 0 Å². The van der Waals surface area contributed by atoms with Crippen LogP contribution in [0.4, 0.5) is 0 Å². The first-order valence-electron chi connectivity index (χ1n) is 6.67. The van der Waals surface area contributed by atoms with Gasteiger partial charge in [-0.1, -0.05) is 42.5 Å². The summed E-state index contributed by atoms with van der Waals surface area (Å²) in [6, 6.07) is 17.4. The molecule has 0 aliphatic heterocycles. The predicted molar refractivity (Wildman–Crippen MR) is 79.7 cm³/mol. The van der Waals surface area contributed by atoms with Crippen LogP contribution < -0.4 is 0 Å². The maximum Gasteiger partial charge on any atom is 0.164 e. The molecule has 0 N–H and O–H groups in total. The molecule has 2 aromatic rings. The van der Waals surface area contributed by atoms with Crippen LogP contribution in [0.15, 0.2) is 48.5 Å². The Morgan fingerprint density at radius 2 is 1.80 bits per heavy atom. The van der Waals surface area contributed by atoms with Gasteiger partial charge in [-0.2, -0.15) is 5.26 Å². The van der Waals surface area contributed by atoms with Crippen molar-refractivity contribution in [2.75, 3.05) is 0 Å². The minimum Gasteiger partial charge on any atom is -0.294 e. The van der Waals surface area contributed by atoms with Crippen LogP contribution in [0.1, 0.15) is 39.4 Å². The Bertz CT molecular complexity index is 653. The first-order chi connectivity index (χ1) is 9.61. The first-order valence-corrected chi connectivity index (χ1v) is 6.67. The molecule has 0 spiro atoms. The van der Waals surface area contributed by atoms with Crippen LogP contribution >= 0.6 is 0 Å². The SMILES string of the molecule is Cc1ccc(C(=O)CC(C#N)c2ccccc2)cc1C. The summed E-state index contributed by atoms with van der Waals surface area (Å²) in [5.41, 5.74) is 3.85. The summed E-state index contributed by atoms with van der Waals surface area (Å²) in [4.78, 5) is 12.3. The fourth-order valence-electron chi connectivity index (χ4n) is 2.14. The number of aryl methyl sites for hydroxylation is 2. The van der Waals surface area contributed by atoms with E-state index in [4.69, 9.17) is 0 Å². The Hall–Kier alpha value is -2.40.